The maximum absolute atomic E-state index is 8.37. The molecule has 1 rings (SSSR count). The van der Waals surface area contributed by atoms with Gasteiger partial charge >= 0.3 is 0 Å². The zero-order valence-electron chi connectivity index (χ0n) is 6.25. The molecule has 0 heterocycles. The van der Waals surface area contributed by atoms with Gasteiger partial charge in [0.15, 0.2) is 0 Å². The largest absolute Gasteiger partial charge is 0.326 e. The van der Waals surface area contributed by atoms with Crippen molar-refractivity contribution in [2.75, 3.05) is 0 Å². The van der Waals surface area contributed by atoms with E-state index >= 15 is 0 Å². The third-order valence-electron chi connectivity index (χ3n) is 1.54. The van der Waals surface area contributed by atoms with Gasteiger partial charge in [-0.1, -0.05) is 24.3 Å². The molecule has 2 N–H and O–H groups in total. The maximum Gasteiger partial charge on any atom is 0.0669 e. The van der Waals surface area contributed by atoms with E-state index in [9.17, 15) is 0 Å². The number of rotatable bonds is 2. The van der Waals surface area contributed by atoms with Gasteiger partial charge in [0, 0.05) is 6.54 Å². The number of hydrogen-bond acceptors (Lipinski definition) is 2. The fourth-order valence-electron chi connectivity index (χ4n) is 0.884. The first kappa shape index (κ1) is 7.77. The Balaban J connectivity index is 2.76. The van der Waals surface area contributed by atoms with Crippen molar-refractivity contribution in [1.29, 1.82) is 5.26 Å². The summed E-state index contributed by atoms with van der Waals surface area (Å²) in [5, 5.41) is 8.37. The quantitative estimate of drug-likeness (QED) is 0.681. The molecule has 0 saturated carbocycles. The van der Waals surface area contributed by atoms with Gasteiger partial charge < -0.3 is 5.73 Å². The van der Waals surface area contributed by atoms with Crippen LogP contribution in [0, 0.1) is 11.3 Å². The average molecular weight is 146 g/mol. The van der Waals surface area contributed by atoms with Gasteiger partial charge in [-0.05, 0) is 11.1 Å². The van der Waals surface area contributed by atoms with Crippen molar-refractivity contribution >= 4 is 0 Å². The molecular weight excluding hydrogens is 136 g/mol. The van der Waals surface area contributed by atoms with Crippen LogP contribution in [0.3, 0.4) is 0 Å². The molecule has 0 fully saturated rings. The fraction of sp³-hybridized carbons (Fsp3) is 0.222. The van der Waals surface area contributed by atoms with Crippen molar-refractivity contribution < 1.29 is 0 Å². The number of nitrogens with zero attached hydrogens (tertiary/aromatic N) is 1. The molecule has 0 aliphatic heterocycles. The minimum absolute atomic E-state index is 0.477. The lowest BCUT2D eigenvalue weighted by molar-refractivity contribution is 1.07. The van der Waals surface area contributed by atoms with E-state index in [0.717, 1.165) is 11.1 Å². The zero-order valence-corrected chi connectivity index (χ0v) is 6.25. The molecule has 56 valence electrons. The minimum Gasteiger partial charge on any atom is -0.326 e. The van der Waals surface area contributed by atoms with Crippen molar-refractivity contribution in [1.82, 2.24) is 0 Å². The molecule has 0 unspecified atom stereocenters. The first-order valence-electron chi connectivity index (χ1n) is 3.51. The highest BCUT2D eigenvalue weighted by Gasteiger charge is 1.90. The van der Waals surface area contributed by atoms with E-state index in [1.54, 1.807) is 0 Å². The van der Waals surface area contributed by atoms with Crippen molar-refractivity contribution in [3.63, 3.8) is 0 Å². The summed E-state index contributed by atoms with van der Waals surface area (Å²) >= 11 is 0. The summed E-state index contributed by atoms with van der Waals surface area (Å²) in [5.41, 5.74) is 7.56. The molecule has 0 amide bonds. The molecular formula is C9H10N2. The monoisotopic (exact) mass is 146 g/mol. The van der Waals surface area contributed by atoms with Crippen LogP contribution in [0.1, 0.15) is 11.1 Å². The van der Waals surface area contributed by atoms with E-state index < -0.39 is 0 Å². The highest BCUT2D eigenvalue weighted by Crippen LogP contribution is 2.03. The Labute approximate surface area is 66.3 Å². The SMILES string of the molecule is N#CCc1ccc(CN)cc1. The first-order chi connectivity index (χ1) is 5.36. The topological polar surface area (TPSA) is 49.8 Å². The normalized spacial score (nSPS) is 9.09. The predicted octanol–water partition coefficient (Wildman–Crippen LogP) is 1.21. The summed E-state index contributed by atoms with van der Waals surface area (Å²) in [6, 6.07) is 9.86. The Kier molecular flexibility index (Phi) is 2.65. The standard InChI is InChI=1S/C9H10N2/c10-6-5-8-1-3-9(7-11)4-2-8/h1-4H,5,7,11H2. The molecule has 11 heavy (non-hydrogen) atoms. The Hall–Kier alpha value is -1.33. The van der Waals surface area contributed by atoms with Crippen LogP contribution < -0.4 is 5.73 Å². The van der Waals surface area contributed by atoms with Crippen LogP contribution in [0.4, 0.5) is 0 Å². The van der Waals surface area contributed by atoms with Crippen molar-refractivity contribution in [3.05, 3.63) is 35.4 Å². The third-order valence-corrected chi connectivity index (χ3v) is 1.54. The third kappa shape index (κ3) is 2.06. The first-order valence-corrected chi connectivity index (χ1v) is 3.51. The van der Waals surface area contributed by atoms with Crippen LogP contribution in [-0.4, -0.2) is 0 Å². The predicted molar refractivity (Wildman–Crippen MR) is 43.7 cm³/mol. The van der Waals surface area contributed by atoms with E-state index in [1.807, 2.05) is 24.3 Å². The minimum atomic E-state index is 0.477. The van der Waals surface area contributed by atoms with E-state index in [0.29, 0.717) is 13.0 Å². The van der Waals surface area contributed by atoms with Crippen LogP contribution in [-0.2, 0) is 13.0 Å². The molecule has 0 saturated heterocycles. The van der Waals surface area contributed by atoms with Gasteiger partial charge in [0.1, 0.15) is 0 Å². The molecule has 0 aromatic heterocycles. The molecule has 1 aromatic carbocycles. The summed E-state index contributed by atoms with van der Waals surface area (Å²) in [6.45, 7) is 0.562. The molecule has 2 nitrogen and oxygen atoms in total. The molecule has 0 radical (unpaired) electrons. The summed E-state index contributed by atoms with van der Waals surface area (Å²) in [6.07, 6.45) is 0.477. The number of nitriles is 1. The van der Waals surface area contributed by atoms with Crippen molar-refractivity contribution in [2.45, 2.75) is 13.0 Å². The van der Waals surface area contributed by atoms with Crippen LogP contribution in [0.5, 0.6) is 0 Å². The van der Waals surface area contributed by atoms with Crippen LogP contribution in [0.15, 0.2) is 24.3 Å². The molecule has 0 aliphatic carbocycles. The second-order valence-corrected chi connectivity index (χ2v) is 2.36. The highest BCUT2D eigenvalue weighted by atomic mass is 14.5. The number of nitrogens with two attached hydrogens (primary N) is 1. The lowest BCUT2D eigenvalue weighted by Crippen LogP contribution is -1.95. The molecule has 0 atom stereocenters. The lowest BCUT2D eigenvalue weighted by Gasteiger charge is -1.96. The van der Waals surface area contributed by atoms with Crippen molar-refractivity contribution in [2.24, 2.45) is 5.73 Å². The number of benzene rings is 1. The smallest absolute Gasteiger partial charge is 0.0669 e. The zero-order chi connectivity index (χ0) is 8.10. The maximum atomic E-state index is 8.37. The van der Waals surface area contributed by atoms with Crippen LogP contribution >= 0.6 is 0 Å². The molecule has 2 heteroatoms. The van der Waals surface area contributed by atoms with Gasteiger partial charge in [0.25, 0.3) is 0 Å². The Bertz CT molecular complexity index is 256. The molecule has 0 bridgehead atoms. The Morgan fingerprint density at radius 1 is 1.18 bits per heavy atom. The summed E-state index contributed by atoms with van der Waals surface area (Å²) in [4.78, 5) is 0. The van der Waals surface area contributed by atoms with Gasteiger partial charge in [0.05, 0.1) is 12.5 Å². The lowest BCUT2D eigenvalue weighted by atomic mass is 10.1. The van der Waals surface area contributed by atoms with Gasteiger partial charge in [-0.25, -0.2) is 0 Å². The fourth-order valence-corrected chi connectivity index (χ4v) is 0.884. The summed E-state index contributed by atoms with van der Waals surface area (Å²) in [5.74, 6) is 0. The van der Waals surface area contributed by atoms with E-state index in [4.69, 9.17) is 11.0 Å². The Morgan fingerprint density at radius 2 is 1.73 bits per heavy atom. The average Bonchev–Trinajstić information content (AvgIpc) is 2.07. The molecule has 0 spiro atoms. The van der Waals surface area contributed by atoms with E-state index in [1.165, 1.54) is 0 Å². The number of hydrogen-bond donors (Lipinski definition) is 1. The summed E-state index contributed by atoms with van der Waals surface area (Å²) < 4.78 is 0. The molecule has 1 aromatic rings. The molecule has 0 aliphatic rings. The van der Waals surface area contributed by atoms with E-state index in [2.05, 4.69) is 6.07 Å². The van der Waals surface area contributed by atoms with Crippen LogP contribution in [0.2, 0.25) is 0 Å². The second-order valence-electron chi connectivity index (χ2n) is 2.36. The summed E-state index contributed by atoms with van der Waals surface area (Å²) in [7, 11) is 0. The van der Waals surface area contributed by atoms with Gasteiger partial charge in [-0.15, -0.1) is 0 Å². The Morgan fingerprint density at radius 3 is 2.18 bits per heavy atom. The highest BCUT2D eigenvalue weighted by molar-refractivity contribution is 5.24. The van der Waals surface area contributed by atoms with Gasteiger partial charge in [-0.2, -0.15) is 5.26 Å². The van der Waals surface area contributed by atoms with Gasteiger partial charge in [-0.3, -0.25) is 0 Å². The van der Waals surface area contributed by atoms with Crippen molar-refractivity contribution in [3.8, 4) is 6.07 Å². The van der Waals surface area contributed by atoms with Crippen LogP contribution in [0.25, 0.3) is 0 Å². The van der Waals surface area contributed by atoms with Gasteiger partial charge in [0.2, 0.25) is 0 Å². The van der Waals surface area contributed by atoms with E-state index in [-0.39, 0.29) is 0 Å². The second kappa shape index (κ2) is 3.75.